The van der Waals surface area contributed by atoms with Gasteiger partial charge in [0.1, 0.15) is 0 Å². The van der Waals surface area contributed by atoms with Crippen molar-refractivity contribution in [3.8, 4) is 0 Å². The van der Waals surface area contributed by atoms with Gasteiger partial charge in [0.05, 0.1) is 0 Å². The van der Waals surface area contributed by atoms with Gasteiger partial charge in [0.2, 0.25) is 5.91 Å². The molecule has 0 aromatic carbocycles. The van der Waals surface area contributed by atoms with Crippen LogP contribution in [0.15, 0.2) is 0 Å². The first-order valence-electron chi connectivity index (χ1n) is 5.87. The molecule has 1 rings (SSSR count). The van der Waals surface area contributed by atoms with E-state index >= 15 is 0 Å². The summed E-state index contributed by atoms with van der Waals surface area (Å²) in [4.78, 5) is 21.7. The van der Waals surface area contributed by atoms with Crippen LogP contribution < -0.4 is 10.6 Å². The van der Waals surface area contributed by atoms with E-state index in [1.54, 1.807) is 0 Å². The Balaban J connectivity index is 2.03. The van der Waals surface area contributed by atoms with E-state index in [1.165, 1.54) is 0 Å². The fourth-order valence-corrected chi connectivity index (χ4v) is 1.90. The van der Waals surface area contributed by atoms with Crippen molar-refractivity contribution in [1.82, 2.24) is 10.6 Å². The second-order valence-electron chi connectivity index (χ2n) is 4.26. The Morgan fingerprint density at radius 3 is 2.88 bits per heavy atom. The molecule has 1 aliphatic rings. The van der Waals surface area contributed by atoms with Crippen molar-refractivity contribution in [2.24, 2.45) is 5.92 Å². The summed E-state index contributed by atoms with van der Waals surface area (Å²) in [6, 6.07) is 0. The molecule has 16 heavy (non-hydrogen) atoms. The Labute approximate surface area is 95.6 Å². The summed E-state index contributed by atoms with van der Waals surface area (Å²) in [7, 11) is 0. The van der Waals surface area contributed by atoms with E-state index in [1.807, 2.05) is 0 Å². The molecule has 0 aromatic rings. The summed E-state index contributed by atoms with van der Waals surface area (Å²) in [5, 5.41) is 14.4. The SMILES string of the molecule is O=C(O)CCCNC(=O)CC1CCCNC1. The molecule has 5 nitrogen and oxygen atoms in total. The van der Waals surface area contributed by atoms with Gasteiger partial charge in [-0.25, -0.2) is 0 Å². The molecule has 1 heterocycles. The second kappa shape index (κ2) is 7.22. The first-order valence-corrected chi connectivity index (χ1v) is 5.87. The first-order chi connectivity index (χ1) is 7.68. The van der Waals surface area contributed by atoms with Crippen molar-refractivity contribution >= 4 is 11.9 Å². The molecule has 0 aliphatic carbocycles. The summed E-state index contributed by atoms with van der Waals surface area (Å²) in [5.41, 5.74) is 0. The molecule has 3 N–H and O–H groups in total. The van der Waals surface area contributed by atoms with Crippen molar-refractivity contribution in [1.29, 1.82) is 0 Å². The lowest BCUT2D eigenvalue weighted by Gasteiger charge is -2.22. The van der Waals surface area contributed by atoms with Gasteiger partial charge in [0, 0.05) is 19.4 Å². The fourth-order valence-electron chi connectivity index (χ4n) is 1.90. The molecular formula is C11H20N2O3. The zero-order valence-electron chi connectivity index (χ0n) is 9.50. The molecule has 1 amide bonds. The van der Waals surface area contributed by atoms with Crippen molar-refractivity contribution in [3.05, 3.63) is 0 Å². The lowest BCUT2D eigenvalue weighted by molar-refractivity contribution is -0.137. The maximum atomic E-state index is 11.5. The molecule has 0 radical (unpaired) electrons. The Bertz CT molecular complexity index is 237. The molecule has 1 unspecified atom stereocenters. The van der Waals surface area contributed by atoms with Crippen molar-refractivity contribution in [2.75, 3.05) is 19.6 Å². The number of nitrogens with one attached hydrogen (secondary N) is 2. The van der Waals surface area contributed by atoms with E-state index in [9.17, 15) is 9.59 Å². The number of aliphatic carboxylic acids is 1. The van der Waals surface area contributed by atoms with Crippen molar-refractivity contribution in [3.63, 3.8) is 0 Å². The molecule has 0 aromatic heterocycles. The van der Waals surface area contributed by atoms with E-state index in [-0.39, 0.29) is 12.3 Å². The second-order valence-corrected chi connectivity index (χ2v) is 4.26. The minimum atomic E-state index is -0.814. The van der Waals surface area contributed by atoms with Crippen LogP contribution in [0.1, 0.15) is 32.1 Å². The zero-order valence-corrected chi connectivity index (χ0v) is 9.50. The number of piperidine rings is 1. The number of hydrogen-bond donors (Lipinski definition) is 3. The lowest BCUT2D eigenvalue weighted by Crippen LogP contribution is -2.34. The largest absolute Gasteiger partial charge is 0.481 e. The van der Waals surface area contributed by atoms with Gasteiger partial charge in [-0.3, -0.25) is 9.59 Å². The third-order valence-corrected chi connectivity index (χ3v) is 2.76. The van der Waals surface area contributed by atoms with Crippen LogP contribution >= 0.6 is 0 Å². The topological polar surface area (TPSA) is 78.4 Å². The minimum absolute atomic E-state index is 0.0408. The molecule has 5 heteroatoms. The fraction of sp³-hybridized carbons (Fsp3) is 0.818. The highest BCUT2D eigenvalue weighted by atomic mass is 16.4. The van der Waals surface area contributed by atoms with E-state index in [2.05, 4.69) is 10.6 Å². The summed E-state index contributed by atoms with van der Waals surface area (Å²) < 4.78 is 0. The van der Waals surface area contributed by atoms with Crippen LogP contribution in [0.2, 0.25) is 0 Å². The van der Waals surface area contributed by atoms with Crippen LogP contribution in [0, 0.1) is 5.92 Å². The highest BCUT2D eigenvalue weighted by Gasteiger charge is 2.16. The molecule has 1 saturated heterocycles. The summed E-state index contributed by atoms with van der Waals surface area (Å²) in [6.45, 7) is 2.44. The standard InChI is InChI=1S/C11H20N2O3/c14-10(13-6-2-4-11(15)16)7-9-3-1-5-12-8-9/h9,12H,1-8H2,(H,13,14)(H,15,16). The predicted octanol–water partition coefficient (Wildman–Crippen LogP) is 0.357. The number of carboxylic acid groups (broad SMARTS) is 1. The van der Waals surface area contributed by atoms with Gasteiger partial charge in [0.25, 0.3) is 0 Å². The number of rotatable bonds is 6. The van der Waals surface area contributed by atoms with Gasteiger partial charge in [-0.2, -0.15) is 0 Å². The van der Waals surface area contributed by atoms with Crippen LogP contribution in [0.5, 0.6) is 0 Å². The maximum Gasteiger partial charge on any atom is 0.303 e. The van der Waals surface area contributed by atoms with Gasteiger partial charge >= 0.3 is 5.97 Å². The Morgan fingerprint density at radius 2 is 2.25 bits per heavy atom. The average Bonchev–Trinajstić information content (AvgIpc) is 2.25. The first kappa shape index (κ1) is 13.0. The third kappa shape index (κ3) is 5.70. The van der Waals surface area contributed by atoms with Gasteiger partial charge in [-0.15, -0.1) is 0 Å². The normalized spacial score (nSPS) is 20.4. The van der Waals surface area contributed by atoms with E-state index in [0.29, 0.717) is 25.3 Å². The monoisotopic (exact) mass is 228 g/mol. The Morgan fingerprint density at radius 1 is 1.44 bits per heavy atom. The zero-order chi connectivity index (χ0) is 11.8. The predicted molar refractivity (Wildman–Crippen MR) is 60.1 cm³/mol. The molecular weight excluding hydrogens is 208 g/mol. The summed E-state index contributed by atoms with van der Waals surface area (Å²) >= 11 is 0. The third-order valence-electron chi connectivity index (χ3n) is 2.76. The van der Waals surface area contributed by atoms with Gasteiger partial charge in [-0.05, 0) is 38.3 Å². The highest BCUT2D eigenvalue weighted by Crippen LogP contribution is 2.13. The number of carbonyl (C=O) groups excluding carboxylic acids is 1. The van der Waals surface area contributed by atoms with Crippen LogP contribution in [0.25, 0.3) is 0 Å². The van der Waals surface area contributed by atoms with Gasteiger partial charge in [-0.1, -0.05) is 0 Å². The lowest BCUT2D eigenvalue weighted by atomic mass is 9.96. The van der Waals surface area contributed by atoms with Gasteiger partial charge in [0.15, 0.2) is 0 Å². The molecule has 1 fully saturated rings. The smallest absolute Gasteiger partial charge is 0.303 e. The molecule has 0 saturated carbocycles. The molecule has 0 spiro atoms. The summed E-state index contributed by atoms with van der Waals surface area (Å²) in [5.74, 6) is -0.335. The molecule has 1 aliphatic heterocycles. The average molecular weight is 228 g/mol. The van der Waals surface area contributed by atoms with Crippen molar-refractivity contribution in [2.45, 2.75) is 32.1 Å². The number of amides is 1. The molecule has 0 bridgehead atoms. The highest BCUT2D eigenvalue weighted by molar-refractivity contribution is 5.76. The quantitative estimate of drug-likeness (QED) is 0.573. The number of carbonyl (C=O) groups is 2. The molecule has 92 valence electrons. The van der Waals surface area contributed by atoms with Crippen LogP contribution in [-0.2, 0) is 9.59 Å². The molecule has 1 atom stereocenters. The maximum absolute atomic E-state index is 11.5. The van der Waals surface area contributed by atoms with Gasteiger partial charge < -0.3 is 15.7 Å². The van der Waals surface area contributed by atoms with E-state index in [0.717, 1.165) is 25.9 Å². The Kier molecular flexibility index (Phi) is 5.85. The number of hydrogen-bond acceptors (Lipinski definition) is 3. The number of carboxylic acids is 1. The van der Waals surface area contributed by atoms with E-state index < -0.39 is 5.97 Å². The van der Waals surface area contributed by atoms with E-state index in [4.69, 9.17) is 5.11 Å². The minimum Gasteiger partial charge on any atom is -0.481 e. The van der Waals surface area contributed by atoms with Crippen LogP contribution in [-0.4, -0.2) is 36.6 Å². The summed E-state index contributed by atoms with van der Waals surface area (Å²) in [6.07, 6.45) is 3.42. The van der Waals surface area contributed by atoms with Crippen molar-refractivity contribution < 1.29 is 14.7 Å². The van der Waals surface area contributed by atoms with Crippen LogP contribution in [0.3, 0.4) is 0 Å². The van der Waals surface area contributed by atoms with Crippen LogP contribution in [0.4, 0.5) is 0 Å². The Hall–Kier alpha value is -1.10.